The highest BCUT2D eigenvalue weighted by atomic mass is 32.2. The molecule has 1 aliphatic carbocycles. The summed E-state index contributed by atoms with van der Waals surface area (Å²) in [4.78, 5) is 0. The van der Waals surface area contributed by atoms with Gasteiger partial charge < -0.3 is 5.32 Å². The first-order valence-corrected chi connectivity index (χ1v) is 8.83. The van der Waals surface area contributed by atoms with Crippen LogP contribution in [-0.4, -0.2) is 41.5 Å². The number of rotatable bonds is 4. The SMILES string of the molecule is c1cc2nnnn2nc1Sc1nnc(NC2CCCCC2)s1. The maximum absolute atomic E-state index is 4.32. The van der Waals surface area contributed by atoms with Crippen molar-refractivity contribution in [2.24, 2.45) is 0 Å². The number of nitrogens with zero attached hydrogens (tertiary/aromatic N) is 7. The largest absolute Gasteiger partial charge is 0.357 e. The molecule has 22 heavy (non-hydrogen) atoms. The molecule has 8 nitrogen and oxygen atoms in total. The number of aromatic nitrogens is 7. The van der Waals surface area contributed by atoms with Gasteiger partial charge in [-0.2, -0.15) is 0 Å². The van der Waals surface area contributed by atoms with Gasteiger partial charge in [0.25, 0.3) is 0 Å². The molecule has 0 atom stereocenters. The fourth-order valence-electron chi connectivity index (χ4n) is 2.51. The van der Waals surface area contributed by atoms with Gasteiger partial charge in [0, 0.05) is 6.04 Å². The van der Waals surface area contributed by atoms with E-state index in [9.17, 15) is 0 Å². The van der Waals surface area contributed by atoms with Gasteiger partial charge in [-0.25, -0.2) is 0 Å². The number of tetrazole rings is 1. The molecule has 0 aromatic carbocycles. The first kappa shape index (κ1) is 13.8. The molecule has 0 spiro atoms. The van der Waals surface area contributed by atoms with Crippen molar-refractivity contribution in [2.45, 2.75) is 47.5 Å². The molecule has 1 saturated carbocycles. The van der Waals surface area contributed by atoms with Crippen LogP contribution in [-0.2, 0) is 0 Å². The molecule has 1 N–H and O–H groups in total. The summed E-state index contributed by atoms with van der Waals surface area (Å²) in [5.74, 6) is 0. The predicted octanol–water partition coefficient (Wildman–Crippen LogP) is 2.27. The van der Waals surface area contributed by atoms with E-state index in [0.29, 0.717) is 11.7 Å². The number of fused-ring (bicyclic) bond motifs is 1. The summed E-state index contributed by atoms with van der Waals surface area (Å²) < 4.78 is 2.27. The molecule has 0 amide bonds. The van der Waals surface area contributed by atoms with Crippen LogP contribution in [0.1, 0.15) is 32.1 Å². The van der Waals surface area contributed by atoms with E-state index < -0.39 is 0 Å². The van der Waals surface area contributed by atoms with Gasteiger partial charge in [0.1, 0.15) is 5.03 Å². The van der Waals surface area contributed by atoms with Gasteiger partial charge >= 0.3 is 0 Å². The number of anilines is 1. The molecule has 3 aromatic rings. The van der Waals surface area contributed by atoms with Crippen molar-refractivity contribution in [2.75, 3.05) is 5.32 Å². The summed E-state index contributed by atoms with van der Waals surface area (Å²) in [6.45, 7) is 0. The van der Waals surface area contributed by atoms with Crippen LogP contribution < -0.4 is 5.32 Å². The van der Waals surface area contributed by atoms with Gasteiger partial charge in [0.15, 0.2) is 9.99 Å². The summed E-state index contributed by atoms with van der Waals surface area (Å²) in [5.41, 5.74) is 0.626. The monoisotopic (exact) mass is 334 g/mol. The Morgan fingerprint density at radius 2 is 2.05 bits per heavy atom. The molecule has 0 bridgehead atoms. The van der Waals surface area contributed by atoms with E-state index in [4.69, 9.17) is 0 Å². The van der Waals surface area contributed by atoms with Crippen molar-refractivity contribution in [1.29, 1.82) is 0 Å². The zero-order valence-electron chi connectivity index (χ0n) is 11.7. The zero-order chi connectivity index (χ0) is 14.8. The summed E-state index contributed by atoms with van der Waals surface area (Å²) in [6.07, 6.45) is 6.39. The quantitative estimate of drug-likeness (QED) is 0.776. The lowest BCUT2D eigenvalue weighted by Gasteiger charge is -2.21. The van der Waals surface area contributed by atoms with E-state index in [1.165, 1.54) is 48.5 Å². The van der Waals surface area contributed by atoms with E-state index in [1.54, 1.807) is 11.3 Å². The second-order valence-electron chi connectivity index (χ2n) is 5.15. The molecular weight excluding hydrogens is 320 g/mol. The molecule has 0 aliphatic heterocycles. The first-order chi connectivity index (χ1) is 10.9. The lowest BCUT2D eigenvalue weighted by atomic mass is 9.96. The minimum absolute atomic E-state index is 0.537. The standard InChI is InChI=1S/C12H14N8S2/c1-2-4-8(5-3-1)13-11-15-16-12(22-11)21-10-7-6-9-14-18-19-20(9)17-10/h6-8H,1-5H2,(H,13,15). The Bertz CT molecular complexity index is 763. The fraction of sp³-hybridized carbons (Fsp3) is 0.500. The Hall–Kier alpha value is -1.81. The number of hydrogen-bond acceptors (Lipinski definition) is 9. The Morgan fingerprint density at radius 1 is 1.14 bits per heavy atom. The van der Waals surface area contributed by atoms with Crippen LogP contribution in [0.5, 0.6) is 0 Å². The average Bonchev–Trinajstić information content (AvgIpc) is 3.17. The van der Waals surface area contributed by atoms with Gasteiger partial charge in [0.05, 0.1) is 0 Å². The van der Waals surface area contributed by atoms with Gasteiger partial charge in [-0.05, 0) is 47.2 Å². The zero-order valence-corrected chi connectivity index (χ0v) is 13.3. The molecular formula is C12H14N8S2. The van der Waals surface area contributed by atoms with Crippen LogP contribution in [0.2, 0.25) is 0 Å². The van der Waals surface area contributed by atoms with Gasteiger partial charge in [-0.1, -0.05) is 30.6 Å². The molecule has 3 heterocycles. The maximum atomic E-state index is 4.32. The summed E-state index contributed by atoms with van der Waals surface area (Å²) in [7, 11) is 0. The second kappa shape index (κ2) is 6.13. The van der Waals surface area contributed by atoms with E-state index in [-0.39, 0.29) is 0 Å². The third-order valence-corrected chi connectivity index (χ3v) is 5.41. The minimum Gasteiger partial charge on any atom is -0.357 e. The van der Waals surface area contributed by atoms with Crippen LogP contribution in [0, 0.1) is 0 Å². The molecule has 1 aliphatic rings. The first-order valence-electron chi connectivity index (χ1n) is 7.20. The highest BCUT2D eigenvalue weighted by Gasteiger charge is 2.15. The molecule has 1 fully saturated rings. The van der Waals surface area contributed by atoms with Crippen molar-refractivity contribution in [3.63, 3.8) is 0 Å². The van der Waals surface area contributed by atoms with Crippen LogP contribution in [0.4, 0.5) is 5.13 Å². The molecule has 0 unspecified atom stereocenters. The van der Waals surface area contributed by atoms with Gasteiger partial charge in [0.2, 0.25) is 5.13 Å². The average molecular weight is 334 g/mol. The van der Waals surface area contributed by atoms with E-state index in [2.05, 4.69) is 36.1 Å². The Kier molecular flexibility index (Phi) is 3.85. The Morgan fingerprint density at radius 3 is 2.95 bits per heavy atom. The summed E-state index contributed by atoms with van der Waals surface area (Å²) in [5, 5.41) is 29.1. The topological polar surface area (TPSA) is 93.8 Å². The van der Waals surface area contributed by atoms with Crippen molar-refractivity contribution in [1.82, 2.24) is 35.5 Å². The van der Waals surface area contributed by atoms with Crippen molar-refractivity contribution < 1.29 is 0 Å². The Balaban J connectivity index is 1.44. The smallest absolute Gasteiger partial charge is 0.206 e. The van der Waals surface area contributed by atoms with Gasteiger partial charge in [-0.3, -0.25) is 0 Å². The number of nitrogens with one attached hydrogen (secondary N) is 1. The highest BCUT2D eigenvalue weighted by Crippen LogP contribution is 2.31. The third kappa shape index (κ3) is 3.02. The van der Waals surface area contributed by atoms with E-state index >= 15 is 0 Å². The molecule has 10 heteroatoms. The fourth-order valence-corrected chi connectivity index (χ4v) is 4.24. The van der Waals surface area contributed by atoms with Crippen molar-refractivity contribution >= 4 is 33.9 Å². The summed E-state index contributed by atoms with van der Waals surface area (Å²) >= 11 is 3.02. The summed E-state index contributed by atoms with van der Waals surface area (Å²) in [6, 6.07) is 4.25. The van der Waals surface area contributed by atoms with Crippen LogP contribution in [0.3, 0.4) is 0 Å². The number of hydrogen-bond donors (Lipinski definition) is 1. The molecule has 3 aromatic heterocycles. The highest BCUT2D eigenvalue weighted by molar-refractivity contribution is 8.01. The Labute approximate surface area is 134 Å². The normalized spacial score (nSPS) is 16.2. The second-order valence-corrected chi connectivity index (χ2v) is 7.40. The van der Waals surface area contributed by atoms with Crippen LogP contribution >= 0.6 is 23.1 Å². The van der Waals surface area contributed by atoms with Crippen molar-refractivity contribution in [3.8, 4) is 0 Å². The van der Waals surface area contributed by atoms with Crippen molar-refractivity contribution in [3.05, 3.63) is 12.1 Å². The van der Waals surface area contributed by atoms with Crippen LogP contribution in [0.25, 0.3) is 5.65 Å². The predicted molar refractivity (Wildman–Crippen MR) is 83.1 cm³/mol. The van der Waals surface area contributed by atoms with Gasteiger partial charge in [-0.15, -0.1) is 25.0 Å². The minimum atomic E-state index is 0.537. The van der Waals surface area contributed by atoms with E-state index in [0.717, 1.165) is 14.5 Å². The lowest BCUT2D eigenvalue weighted by molar-refractivity contribution is 0.462. The van der Waals surface area contributed by atoms with E-state index in [1.807, 2.05) is 12.1 Å². The lowest BCUT2D eigenvalue weighted by Crippen LogP contribution is -2.21. The molecule has 0 saturated heterocycles. The molecule has 114 valence electrons. The third-order valence-electron chi connectivity index (χ3n) is 3.58. The molecule has 4 rings (SSSR count). The maximum Gasteiger partial charge on any atom is 0.206 e. The van der Waals surface area contributed by atoms with Crippen LogP contribution in [0.15, 0.2) is 21.5 Å². The molecule has 0 radical (unpaired) electrons.